The van der Waals surface area contributed by atoms with E-state index >= 15 is 0 Å². The quantitative estimate of drug-likeness (QED) is 0.0242. The van der Waals surface area contributed by atoms with Crippen molar-refractivity contribution in [1.82, 2.24) is 0 Å². The van der Waals surface area contributed by atoms with Gasteiger partial charge in [-0.05, 0) is 6.42 Å². The standard InChI is InChI=1S/C33H53F5O12/c1-2-3-4-5-7-40-9-11-42-13-15-44-17-19-46-21-23-48-25-26-49-24-22-47-20-18-45-16-14-43-12-10-41-8-6-27(39)50-33-31(37)29(35)28(34)30(36)32(33)38/h2-26H2,1H3. The predicted molar refractivity (Wildman–Crippen MR) is 169 cm³/mol. The zero-order chi connectivity index (χ0) is 36.5. The predicted octanol–water partition coefficient (Wildman–Crippen LogP) is 4.42. The van der Waals surface area contributed by atoms with Crippen LogP contribution in [-0.4, -0.2) is 138 Å². The molecule has 0 aromatic heterocycles. The van der Waals surface area contributed by atoms with E-state index in [0.717, 1.165) is 13.0 Å². The van der Waals surface area contributed by atoms with E-state index in [2.05, 4.69) is 11.7 Å². The van der Waals surface area contributed by atoms with Gasteiger partial charge in [0.25, 0.3) is 0 Å². The Morgan fingerprint density at radius 2 is 0.660 bits per heavy atom. The second-order valence-electron chi connectivity index (χ2n) is 10.3. The zero-order valence-electron chi connectivity index (χ0n) is 29.0. The summed E-state index contributed by atoms with van der Waals surface area (Å²) in [7, 11) is 0. The number of rotatable bonds is 36. The van der Waals surface area contributed by atoms with E-state index in [0.29, 0.717) is 99.1 Å². The van der Waals surface area contributed by atoms with Gasteiger partial charge in [0, 0.05) is 6.61 Å². The summed E-state index contributed by atoms with van der Waals surface area (Å²) in [5, 5.41) is 0. The van der Waals surface area contributed by atoms with Crippen molar-refractivity contribution < 1.29 is 78.9 Å². The summed E-state index contributed by atoms with van der Waals surface area (Å²) in [6.45, 7) is 10.2. The molecule has 0 aliphatic rings. The molecule has 0 atom stereocenters. The number of benzene rings is 1. The van der Waals surface area contributed by atoms with Crippen molar-refractivity contribution in [3.63, 3.8) is 0 Å². The molecule has 0 saturated carbocycles. The van der Waals surface area contributed by atoms with Crippen LogP contribution >= 0.6 is 0 Å². The number of hydrogen-bond acceptors (Lipinski definition) is 12. The molecule has 0 radical (unpaired) electrons. The molecule has 0 saturated heterocycles. The fraction of sp³-hybridized carbons (Fsp3) is 0.788. The van der Waals surface area contributed by atoms with Crippen LogP contribution in [0.25, 0.3) is 0 Å². The molecule has 12 nitrogen and oxygen atoms in total. The molecule has 1 aromatic rings. The van der Waals surface area contributed by atoms with Crippen molar-refractivity contribution in [2.45, 2.75) is 39.0 Å². The van der Waals surface area contributed by atoms with Crippen molar-refractivity contribution in [2.24, 2.45) is 0 Å². The molecular formula is C33H53F5O12. The number of esters is 1. The van der Waals surface area contributed by atoms with Crippen LogP contribution in [0.1, 0.15) is 39.0 Å². The summed E-state index contributed by atoms with van der Waals surface area (Å²) in [6, 6.07) is 0. The minimum atomic E-state index is -2.35. The molecular weight excluding hydrogens is 683 g/mol. The Labute approximate surface area is 291 Å². The summed E-state index contributed by atoms with van der Waals surface area (Å²) in [6.07, 6.45) is 4.32. The molecule has 0 fully saturated rings. The summed E-state index contributed by atoms with van der Waals surface area (Å²) in [5.74, 6) is -14.1. The van der Waals surface area contributed by atoms with Gasteiger partial charge in [0.15, 0.2) is 0 Å². The Morgan fingerprint density at radius 3 is 0.980 bits per heavy atom. The first kappa shape index (κ1) is 46.0. The number of ether oxygens (including phenoxy) is 11. The molecule has 1 aromatic carbocycles. The molecule has 0 unspecified atom stereocenters. The van der Waals surface area contributed by atoms with Crippen molar-refractivity contribution in [3.05, 3.63) is 29.1 Å². The van der Waals surface area contributed by atoms with E-state index in [4.69, 9.17) is 47.4 Å². The molecule has 0 spiro atoms. The average Bonchev–Trinajstić information content (AvgIpc) is 3.11. The average molecular weight is 737 g/mol. The SMILES string of the molecule is CCCCCCOCCOCCOCCOCCOCCOCCOCCOCCOCCOCCC(=O)Oc1c(F)c(F)c(F)c(F)c1F. The van der Waals surface area contributed by atoms with E-state index < -0.39 is 47.2 Å². The zero-order valence-corrected chi connectivity index (χ0v) is 29.0. The van der Waals surface area contributed by atoms with Gasteiger partial charge in [0.2, 0.25) is 34.8 Å². The number of carbonyl (C=O) groups excluding carboxylic acids is 1. The number of hydrogen-bond donors (Lipinski definition) is 0. The first-order valence-electron chi connectivity index (χ1n) is 16.9. The monoisotopic (exact) mass is 736 g/mol. The number of carbonyl (C=O) groups is 1. The Balaban J connectivity index is 1.74. The Kier molecular flexibility index (Phi) is 30.2. The molecule has 0 bridgehead atoms. The second-order valence-corrected chi connectivity index (χ2v) is 10.3. The van der Waals surface area contributed by atoms with Gasteiger partial charge in [-0.25, -0.2) is 13.2 Å². The van der Waals surface area contributed by atoms with E-state index in [-0.39, 0.29) is 26.4 Å². The van der Waals surface area contributed by atoms with E-state index in [9.17, 15) is 26.7 Å². The van der Waals surface area contributed by atoms with Gasteiger partial charge in [-0.1, -0.05) is 26.2 Å². The molecule has 0 aliphatic heterocycles. The first-order chi connectivity index (χ1) is 24.4. The molecule has 17 heteroatoms. The third kappa shape index (κ3) is 24.2. The van der Waals surface area contributed by atoms with Crippen molar-refractivity contribution in [1.29, 1.82) is 0 Å². The third-order valence-electron chi connectivity index (χ3n) is 6.33. The second kappa shape index (κ2) is 32.8. The summed E-state index contributed by atoms with van der Waals surface area (Å²) in [5.41, 5.74) is 0. The maximum Gasteiger partial charge on any atom is 0.313 e. The molecule has 0 aliphatic carbocycles. The fourth-order valence-corrected chi connectivity index (χ4v) is 3.71. The first-order valence-corrected chi connectivity index (χ1v) is 16.9. The molecule has 1 rings (SSSR count). The number of halogens is 5. The van der Waals surface area contributed by atoms with Crippen LogP contribution in [-0.2, 0) is 52.2 Å². The van der Waals surface area contributed by atoms with Crippen LogP contribution in [0.15, 0.2) is 0 Å². The molecule has 50 heavy (non-hydrogen) atoms. The van der Waals surface area contributed by atoms with Gasteiger partial charge < -0.3 is 52.1 Å². The minimum Gasteiger partial charge on any atom is -0.420 e. The maximum absolute atomic E-state index is 13.5. The van der Waals surface area contributed by atoms with Crippen LogP contribution in [0.2, 0.25) is 0 Å². The van der Waals surface area contributed by atoms with E-state index in [1.54, 1.807) is 0 Å². The van der Waals surface area contributed by atoms with Crippen LogP contribution in [0.4, 0.5) is 22.0 Å². The minimum absolute atomic E-state index is 0.0838. The fourth-order valence-electron chi connectivity index (χ4n) is 3.71. The van der Waals surface area contributed by atoms with Crippen molar-refractivity contribution in [2.75, 3.05) is 132 Å². The Morgan fingerprint density at radius 1 is 0.380 bits per heavy atom. The summed E-state index contributed by atoms with van der Waals surface area (Å²) >= 11 is 0. The van der Waals surface area contributed by atoms with Crippen molar-refractivity contribution in [3.8, 4) is 5.75 Å². The topological polar surface area (TPSA) is 119 Å². The van der Waals surface area contributed by atoms with Gasteiger partial charge >= 0.3 is 5.97 Å². The van der Waals surface area contributed by atoms with Gasteiger partial charge in [-0.15, -0.1) is 0 Å². The van der Waals surface area contributed by atoms with Crippen molar-refractivity contribution >= 4 is 5.97 Å². The highest BCUT2D eigenvalue weighted by atomic mass is 19.2. The van der Waals surface area contributed by atoms with Crippen LogP contribution < -0.4 is 4.74 Å². The molecule has 0 N–H and O–H groups in total. The lowest BCUT2D eigenvalue weighted by atomic mass is 10.2. The Bertz CT molecular complexity index is 951. The van der Waals surface area contributed by atoms with E-state index in [1.165, 1.54) is 19.3 Å². The smallest absolute Gasteiger partial charge is 0.313 e. The lowest BCUT2D eigenvalue weighted by Gasteiger charge is -2.09. The summed E-state index contributed by atoms with van der Waals surface area (Å²) < 4.78 is 125. The maximum atomic E-state index is 13.5. The van der Waals surface area contributed by atoms with Crippen LogP contribution in [0.5, 0.6) is 5.75 Å². The lowest BCUT2D eigenvalue weighted by molar-refractivity contribution is -0.136. The molecule has 292 valence electrons. The third-order valence-corrected chi connectivity index (χ3v) is 6.33. The van der Waals surface area contributed by atoms with Crippen LogP contribution in [0, 0.1) is 29.1 Å². The van der Waals surface area contributed by atoms with E-state index in [1.807, 2.05) is 0 Å². The molecule has 0 amide bonds. The number of unbranched alkanes of at least 4 members (excludes halogenated alkanes) is 3. The lowest BCUT2D eigenvalue weighted by Crippen LogP contribution is -2.16. The van der Waals surface area contributed by atoms with Gasteiger partial charge in [-0.2, -0.15) is 8.78 Å². The highest BCUT2D eigenvalue weighted by molar-refractivity contribution is 5.72. The van der Waals surface area contributed by atoms with Gasteiger partial charge in [0.1, 0.15) is 0 Å². The normalized spacial score (nSPS) is 11.5. The summed E-state index contributed by atoms with van der Waals surface area (Å²) in [4.78, 5) is 11.6. The van der Waals surface area contributed by atoms with Crippen LogP contribution in [0.3, 0.4) is 0 Å². The largest absolute Gasteiger partial charge is 0.420 e. The molecule has 0 heterocycles. The van der Waals surface area contributed by atoms with Gasteiger partial charge in [-0.3, -0.25) is 4.79 Å². The van der Waals surface area contributed by atoms with Gasteiger partial charge in [0.05, 0.1) is 132 Å². The highest BCUT2D eigenvalue weighted by Crippen LogP contribution is 2.29. The highest BCUT2D eigenvalue weighted by Gasteiger charge is 2.28. The Hall–Kier alpha value is -2.06.